The van der Waals surface area contributed by atoms with E-state index in [1.54, 1.807) is 18.2 Å². The average molecular weight is 319 g/mol. The van der Waals surface area contributed by atoms with Gasteiger partial charge in [0.15, 0.2) is 0 Å². The van der Waals surface area contributed by atoms with Gasteiger partial charge in [-0.3, -0.25) is 9.69 Å². The smallest absolute Gasteiger partial charge is 0.234 e. The standard InChI is InChI=1S/C14H20Cl2N2O2/c1-3-17-14(20)9-18(4-2)8-13(19)11-6-5-10(15)7-12(11)16/h5-7,13,19H,3-4,8-9H2,1-2H3,(H,17,20). The summed E-state index contributed by atoms with van der Waals surface area (Å²) in [7, 11) is 0. The number of benzene rings is 1. The second kappa shape index (κ2) is 8.47. The summed E-state index contributed by atoms with van der Waals surface area (Å²) in [6.07, 6.45) is -0.755. The first-order valence-corrected chi connectivity index (χ1v) is 7.35. The molecule has 0 bridgehead atoms. The average Bonchev–Trinajstić information content (AvgIpc) is 2.37. The number of hydrogen-bond donors (Lipinski definition) is 2. The number of hydrogen-bond acceptors (Lipinski definition) is 3. The molecule has 20 heavy (non-hydrogen) atoms. The van der Waals surface area contributed by atoms with Gasteiger partial charge in [0.2, 0.25) is 5.91 Å². The quantitative estimate of drug-likeness (QED) is 0.812. The van der Waals surface area contributed by atoms with Gasteiger partial charge in [-0.05, 0) is 25.6 Å². The van der Waals surface area contributed by atoms with Gasteiger partial charge in [0.1, 0.15) is 0 Å². The van der Waals surface area contributed by atoms with Crippen LogP contribution in [-0.2, 0) is 4.79 Å². The van der Waals surface area contributed by atoms with Crippen molar-refractivity contribution in [3.8, 4) is 0 Å². The molecule has 0 aliphatic heterocycles. The summed E-state index contributed by atoms with van der Waals surface area (Å²) in [6.45, 7) is 5.68. The van der Waals surface area contributed by atoms with Gasteiger partial charge >= 0.3 is 0 Å². The Balaban J connectivity index is 2.66. The molecule has 1 unspecified atom stereocenters. The summed E-state index contributed by atoms with van der Waals surface area (Å²) in [4.78, 5) is 13.4. The van der Waals surface area contributed by atoms with Gasteiger partial charge in [-0.25, -0.2) is 0 Å². The number of nitrogens with zero attached hydrogens (tertiary/aromatic N) is 1. The molecule has 4 nitrogen and oxygen atoms in total. The number of nitrogens with one attached hydrogen (secondary N) is 1. The Kier molecular flexibility index (Phi) is 7.30. The zero-order valence-corrected chi connectivity index (χ0v) is 13.2. The van der Waals surface area contributed by atoms with Crippen molar-refractivity contribution in [2.24, 2.45) is 0 Å². The van der Waals surface area contributed by atoms with Gasteiger partial charge in [-0.2, -0.15) is 0 Å². The van der Waals surface area contributed by atoms with Gasteiger partial charge in [-0.1, -0.05) is 36.2 Å². The third kappa shape index (κ3) is 5.29. The van der Waals surface area contributed by atoms with E-state index in [0.29, 0.717) is 35.2 Å². The monoisotopic (exact) mass is 318 g/mol. The van der Waals surface area contributed by atoms with Crippen molar-refractivity contribution < 1.29 is 9.90 Å². The van der Waals surface area contributed by atoms with E-state index in [4.69, 9.17) is 23.2 Å². The van der Waals surface area contributed by atoms with Gasteiger partial charge in [0.05, 0.1) is 12.6 Å². The molecule has 0 aliphatic carbocycles. The van der Waals surface area contributed by atoms with Crippen molar-refractivity contribution in [1.82, 2.24) is 10.2 Å². The lowest BCUT2D eigenvalue weighted by molar-refractivity contribution is -0.122. The minimum Gasteiger partial charge on any atom is -0.387 e. The third-order valence-electron chi connectivity index (χ3n) is 2.94. The molecule has 0 heterocycles. The third-order valence-corrected chi connectivity index (χ3v) is 3.50. The fourth-order valence-electron chi connectivity index (χ4n) is 1.88. The number of aliphatic hydroxyl groups is 1. The van der Waals surface area contributed by atoms with E-state index in [1.165, 1.54) is 0 Å². The zero-order chi connectivity index (χ0) is 15.1. The Morgan fingerprint density at radius 3 is 2.65 bits per heavy atom. The van der Waals surface area contributed by atoms with Crippen LogP contribution >= 0.6 is 23.2 Å². The highest BCUT2D eigenvalue weighted by atomic mass is 35.5. The first-order chi connectivity index (χ1) is 9.47. The maximum absolute atomic E-state index is 11.6. The number of aliphatic hydroxyl groups excluding tert-OH is 1. The number of rotatable bonds is 7. The first kappa shape index (κ1) is 17.2. The van der Waals surface area contributed by atoms with E-state index in [1.807, 2.05) is 18.7 Å². The Labute approximate surface area is 129 Å². The van der Waals surface area contributed by atoms with Gasteiger partial charge in [0, 0.05) is 28.7 Å². The Bertz CT molecular complexity index is 455. The van der Waals surface area contributed by atoms with Crippen molar-refractivity contribution in [1.29, 1.82) is 0 Å². The molecule has 1 atom stereocenters. The van der Waals surface area contributed by atoms with Crippen molar-refractivity contribution in [3.05, 3.63) is 33.8 Å². The normalized spacial score (nSPS) is 12.5. The number of amides is 1. The van der Waals surface area contributed by atoms with Crippen LogP contribution in [0.1, 0.15) is 25.5 Å². The molecule has 0 spiro atoms. The molecular formula is C14H20Cl2N2O2. The van der Waals surface area contributed by atoms with Crippen LogP contribution in [0.3, 0.4) is 0 Å². The van der Waals surface area contributed by atoms with E-state index < -0.39 is 6.10 Å². The van der Waals surface area contributed by atoms with Crippen molar-refractivity contribution in [2.75, 3.05) is 26.2 Å². The maximum atomic E-state index is 11.6. The summed E-state index contributed by atoms with van der Waals surface area (Å²) in [5.41, 5.74) is 0.616. The Morgan fingerprint density at radius 2 is 2.10 bits per heavy atom. The van der Waals surface area contributed by atoms with E-state index in [9.17, 15) is 9.90 Å². The second-order valence-corrected chi connectivity index (χ2v) is 5.31. The summed E-state index contributed by atoms with van der Waals surface area (Å²) >= 11 is 11.9. The zero-order valence-electron chi connectivity index (χ0n) is 11.7. The molecule has 0 fully saturated rings. The van der Waals surface area contributed by atoms with Crippen LogP contribution in [0.4, 0.5) is 0 Å². The first-order valence-electron chi connectivity index (χ1n) is 6.60. The van der Waals surface area contributed by atoms with Crippen LogP contribution in [0, 0.1) is 0 Å². The van der Waals surface area contributed by atoms with Crippen LogP contribution < -0.4 is 5.32 Å². The topological polar surface area (TPSA) is 52.6 Å². The summed E-state index contributed by atoms with van der Waals surface area (Å²) in [5.74, 6) is -0.0521. The highest BCUT2D eigenvalue weighted by molar-refractivity contribution is 6.35. The van der Waals surface area contributed by atoms with Gasteiger partial charge < -0.3 is 10.4 Å². The van der Waals surface area contributed by atoms with Crippen LogP contribution in [0.2, 0.25) is 10.0 Å². The molecule has 1 amide bonds. The number of halogens is 2. The fourth-order valence-corrected chi connectivity index (χ4v) is 2.41. The SMILES string of the molecule is CCNC(=O)CN(CC)CC(O)c1ccc(Cl)cc1Cl. The molecule has 1 rings (SSSR count). The van der Waals surface area contributed by atoms with Gasteiger partial charge in [-0.15, -0.1) is 0 Å². The number of carbonyl (C=O) groups is 1. The summed E-state index contributed by atoms with van der Waals surface area (Å²) in [6, 6.07) is 4.99. The molecule has 112 valence electrons. The summed E-state index contributed by atoms with van der Waals surface area (Å²) in [5, 5.41) is 13.9. The lowest BCUT2D eigenvalue weighted by atomic mass is 10.1. The number of carbonyl (C=O) groups excluding carboxylic acids is 1. The predicted molar refractivity (Wildman–Crippen MR) is 82.2 cm³/mol. The molecular weight excluding hydrogens is 299 g/mol. The lowest BCUT2D eigenvalue weighted by Gasteiger charge is -2.23. The Morgan fingerprint density at radius 1 is 1.40 bits per heavy atom. The molecule has 6 heteroatoms. The van der Waals surface area contributed by atoms with Crippen LogP contribution in [0.5, 0.6) is 0 Å². The van der Waals surface area contributed by atoms with E-state index >= 15 is 0 Å². The highest BCUT2D eigenvalue weighted by Crippen LogP contribution is 2.26. The molecule has 0 saturated carbocycles. The molecule has 0 radical (unpaired) electrons. The largest absolute Gasteiger partial charge is 0.387 e. The van der Waals surface area contributed by atoms with Crippen LogP contribution in [-0.4, -0.2) is 42.1 Å². The summed E-state index contributed by atoms with van der Waals surface area (Å²) < 4.78 is 0. The van der Waals surface area contributed by atoms with Gasteiger partial charge in [0.25, 0.3) is 0 Å². The second-order valence-electron chi connectivity index (χ2n) is 4.46. The van der Waals surface area contributed by atoms with Crippen molar-refractivity contribution >= 4 is 29.1 Å². The van der Waals surface area contributed by atoms with Crippen molar-refractivity contribution in [2.45, 2.75) is 20.0 Å². The molecule has 0 aromatic heterocycles. The van der Waals surface area contributed by atoms with E-state index in [2.05, 4.69) is 5.32 Å². The van der Waals surface area contributed by atoms with E-state index in [0.717, 1.165) is 0 Å². The maximum Gasteiger partial charge on any atom is 0.234 e. The highest BCUT2D eigenvalue weighted by Gasteiger charge is 2.17. The molecule has 2 N–H and O–H groups in total. The fraction of sp³-hybridized carbons (Fsp3) is 0.500. The van der Waals surface area contributed by atoms with Crippen molar-refractivity contribution in [3.63, 3.8) is 0 Å². The predicted octanol–water partition coefficient (Wildman–Crippen LogP) is 2.48. The molecule has 1 aromatic rings. The molecule has 0 saturated heterocycles. The van der Waals surface area contributed by atoms with Crippen LogP contribution in [0.25, 0.3) is 0 Å². The molecule has 1 aromatic carbocycles. The Hall–Kier alpha value is -0.810. The minimum absolute atomic E-state index is 0.0521. The van der Waals surface area contributed by atoms with Crippen LogP contribution in [0.15, 0.2) is 18.2 Å². The van der Waals surface area contributed by atoms with E-state index in [-0.39, 0.29) is 12.5 Å². The molecule has 0 aliphatic rings. The minimum atomic E-state index is -0.755. The lowest BCUT2D eigenvalue weighted by Crippen LogP contribution is -2.39. The number of likely N-dealkylation sites (N-methyl/N-ethyl adjacent to an activating group) is 2.